The average Bonchev–Trinajstić information content (AvgIpc) is 2.85. The summed E-state index contributed by atoms with van der Waals surface area (Å²) in [5.74, 6) is 1.26. The van der Waals surface area contributed by atoms with Crippen molar-refractivity contribution in [1.82, 2.24) is 5.32 Å². The number of ether oxygens (including phenoxy) is 2. The predicted molar refractivity (Wildman–Crippen MR) is 140 cm³/mol. The molecular weight excluding hydrogens is 444 g/mol. The number of thioether (sulfide) groups is 1. The third kappa shape index (κ3) is 11.5. The summed E-state index contributed by atoms with van der Waals surface area (Å²) in [5, 5.41) is 4.38. The fourth-order valence-corrected chi connectivity index (χ4v) is 2.39. The second-order valence-corrected chi connectivity index (χ2v) is 7.64. The molecule has 0 aliphatic heterocycles. The lowest BCUT2D eigenvalue weighted by molar-refractivity contribution is -0.139. The van der Waals surface area contributed by atoms with Crippen LogP contribution < -0.4 is 15.8 Å². The third-order valence-corrected chi connectivity index (χ3v) is 4.93. The number of carbonyl (C=O) groups is 2. The number of amides is 1. The van der Waals surface area contributed by atoms with E-state index in [1.54, 1.807) is 24.3 Å². The number of esters is 1. The van der Waals surface area contributed by atoms with E-state index in [0.29, 0.717) is 17.1 Å². The molecule has 2 aromatic rings. The number of methoxy groups -OCH3 is 1. The number of nitrogens with one attached hydrogen (secondary N) is 1. The van der Waals surface area contributed by atoms with E-state index in [2.05, 4.69) is 35.9 Å². The van der Waals surface area contributed by atoms with Gasteiger partial charge in [-0.1, -0.05) is 51.1 Å². The van der Waals surface area contributed by atoms with Gasteiger partial charge in [0, 0.05) is 11.8 Å². The van der Waals surface area contributed by atoms with E-state index < -0.39 is 11.9 Å². The Kier molecular flexibility index (Phi) is 17.2. The number of thiol groups is 1. The maximum atomic E-state index is 12.5. The van der Waals surface area contributed by atoms with Gasteiger partial charge in [0.15, 0.2) is 0 Å². The monoisotopic (exact) mass is 480 g/mol. The van der Waals surface area contributed by atoms with Crippen LogP contribution in [0.25, 0.3) is 10.8 Å². The molecule has 0 aliphatic carbocycles. The lowest BCUT2D eigenvalue weighted by atomic mass is 10.1. The van der Waals surface area contributed by atoms with Crippen molar-refractivity contribution >= 4 is 47.0 Å². The van der Waals surface area contributed by atoms with Gasteiger partial charge in [-0.3, -0.25) is 9.59 Å². The number of benzene rings is 2. The van der Waals surface area contributed by atoms with Gasteiger partial charge in [0.25, 0.3) is 5.91 Å². The zero-order valence-electron chi connectivity index (χ0n) is 19.6. The first-order chi connectivity index (χ1) is 15.5. The van der Waals surface area contributed by atoms with E-state index >= 15 is 0 Å². The summed E-state index contributed by atoms with van der Waals surface area (Å²) in [6.45, 7) is 6.19. The number of nitrogens with two attached hydrogens (primary N) is 1. The zero-order valence-corrected chi connectivity index (χ0v) is 21.3. The smallest absolute Gasteiger partial charge is 0.325 e. The van der Waals surface area contributed by atoms with Crippen LogP contribution in [0.1, 0.15) is 31.1 Å². The molecular formula is C24H36N2O4S2. The van der Waals surface area contributed by atoms with Gasteiger partial charge in [0.05, 0.1) is 12.7 Å². The van der Waals surface area contributed by atoms with Crippen molar-refractivity contribution in [1.29, 1.82) is 0 Å². The summed E-state index contributed by atoms with van der Waals surface area (Å²) in [5.41, 5.74) is 6.11. The van der Waals surface area contributed by atoms with Gasteiger partial charge in [0.1, 0.15) is 18.9 Å². The van der Waals surface area contributed by atoms with Crippen molar-refractivity contribution < 1.29 is 19.1 Å². The Bertz CT molecular complexity index is 842. The molecule has 32 heavy (non-hydrogen) atoms. The molecule has 0 saturated heterocycles. The van der Waals surface area contributed by atoms with Gasteiger partial charge in [0.2, 0.25) is 0 Å². The van der Waals surface area contributed by atoms with Crippen LogP contribution >= 0.6 is 24.4 Å². The topological polar surface area (TPSA) is 90.6 Å². The first-order valence-electron chi connectivity index (χ1n) is 10.5. The summed E-state index contributed by atoms with van der Waals surface area (Å²) in [6, 6.07) is 11.0. The molecule has 0 bridgehead atoms. The summed E-state index contributed by atoms with van der Waals surface area (Å²) >= 11 is 5.97. The van der Waals surface area contributed by atoms with Crippen molar-refractivity contribution in [2.45, 2.75) is 26.8 Å². The van der Waals surface area contributed by atoms with Crippen molar-refractivity contribution in [3.05, 3.63) is 54.1 Å². The molecule has 0 saturated carbocycles. The number of hydrogen-bond donors (Lipinski definition) is 3. The highest BCUT2D eigenvalue weighted by atomic mass is 32.2. The maximum Gasteiger partial charge on any atom is 0.325 e. The van der Waals surface area contributed by atoms with Crippen molar-refractivity contribution in [2.24, 2.45) is 5.73 Å². The Labute approximate surface area is 201 Å². The SMILES string of the molecule is CC.CCSC.COC(=O)CNC(=O)c1cc2ccccc2cc1OC/C=C/C(N)CS. The third-order valence-electron chi connectivity index (χ3n) is 3.93. The average molecular weight is 481 g/mol. The van der Waals surface area contributed by atoms with Crippen LogP contribution in [0, 0.1) is 0 Å². The molecule has 2 rings (SSSR count). The molecule has 0 heterocycles. The van der Waals surface area contributed by atoms with Crippen molar-refractivity contribution in [3.8, 4) is 5.75 Å². The summed E-state index contributed by atoms with van der Waals surface area (Å²) in [7, 11) is 1.26. The van der Waals surface area contributed by atoms with Gasteiger partial charge < -0.3 is 20.5 Å². The van der Waals surface area contributed by atoms with Gasteiger partial charge in [-0.15, -0.1) is 0 Å². The second kappa shape index (κ2) is 18.4. The molecule has 0 aliphatic rings. The van der Waals surface area contributed by atoms with Gasteiger partial charge in [-0.2, -0.15) is 24.4 Å². The van der Waals surface area contributed by atoms with E-state index in [9.17, 15) is 9.59 Å². The van der Waals surface area contributed by atoms with Crippen LogP contribution in [0.5, 0.6) is 5.75 Å². The summed E-state index contributed by atoms with van der Waals surface area (Å²) in [6.07, 6.45) is 5.68. The molecule has 0 radical (unpaired) electrons. The molecule has 8 heteroatoms. The van der Waals surface area contributed by atoms with Crippen molar-refractivity contribution in [3.63, 3.8) is 0 Å². The first kappa shape index (κ1) is 29.8. The Morgan fingerprint density at radius 3 is 2.34 bits per heavy atom. The fourth-order valence-electron chi connectivity index (χ4n) is 2.27. The molecule has 178 valence electrons. The molecule has 1 atom stereocenters. The number of rotatable bonds is 9. The van der Waals surface area contributed by atoms with Crippen LogP contribution in [0.4, 0.5) is 0 Å². The molecule has 1 amide bonds. The lowest BCUT2D eigenvalue weighted by Crippen LogP contribution is -2.30. The lowest BCUT2D eigenvalue weighted by Gasteiger charge is -2.12. The fraction of sp³-hybridized carbons (Fsp3) is 0.417. The quantitative estimate of drug-likeness (QED) is 0.281. The van der Waals surface area contributed by atoms with Gasteiger partial charge in [-0.25, -0.2) is 0 Å². The molecule has 0 spiro atoms. The Morgan fingerprint density at radius 1 is 1.22 bits per heavy atom. The van der Waals surface area contributed by atoms with E-state index in [0.717, 1.165) is 10.8 Å². The minimum atomic E-state index is -0.523. The Hall–Kier alpha value is -2.16. The van der Waals surface area contributed by atoms with E-state index in [1.807, 2.05) is 49.9 Å². The van der Waals surface area contributed by atoms with Gasteiger partial charge in [-0.05, 0) is 41.0 Å². The van der Waals surface area contributed by atoms with Crippen LogP contribution in [0.2, 0.25) is 0 Å². The molecule has 1 unspecified atom stereocenters. The van der Waals surface area contributed by atoms with E-state index in [-0.39, 0.29) is 19.2 Å². The standard InChI is InChI=1S/C19H22N2O4S.C3H8S.C2H6/c1-24-18(22)11-21-19(23)16-9-13-5-2-3-6-14(13)10-17(16)25-8-4-7-15(20)12-26;1-3-4-2;1-2/h2-7,9-10,15,26H,8,11-12,20H2,1H3,(H,21,23);3H2,1-2H3;1-2H3/b7-4+;;. The van der Waals surface area contributed by atoms with Gasteiger partial charge >= 0.3 is 5.97 Å². The minimum Gasteiger partial charge on any atom is -0.489 e. The summed E-state index contributed by atoms with van der Waals surface area (Å²) < 4.78 is 10.3. The highest BCUT2D eigenvalue weighted by Gasteiger charge is 2.15. The van der Waals surface area contributed by atoms with Crippen LogP contribution in [-0.4, -0.2) is 55.9 Å². The minimum absolute atomic E-state index is 0.152. The number of fused-ring (bicyclic) bond motifs is 1. The molecule has 2 aromatic carbocycles. The summed E-state index contributed by atoms with van der Waals surface area (Å²) in [4.78, 5) is 23.7. The Balaban J connectivity index is 0.00000144. The van der Waals surface area contributed by atoms with Crippen LogP contribution in [0.3, 0.4) is 0 Å². The Morgan fingerprint density at radius 2 is 1.81 bits per heavy atom. The number of hydrogen-bond acceptors (Lipinski definition) is 7. The van der Waals surface area contributed by atoms with Crippen LogP contribution in [0.15, 0.2) is 48.6 Å². The zero-order chi connectivity index (χ0) is 24.4. The highest BCUT2D eigenvalue weighted by molar-refractivity contribution is 7.98. The predicted octanol–water partition coefficient (Wildman–Crippen LogP) is 4.33. The largest absolute Gasteiger partial charge is 0.489 e. The van der Waals surface area contributed by atoms with Crippen LogP contribution in [-0.2, 0) is 9.53 Å². The second-order valence-electron chi connectivity index (χ2n) is 6.12. The molecule has 0 aromatic heterocycles. The molecule has 6 nitrogen and oxygen atoms in total. The maximum absolute atomic E-state index is 12.5. The van der Waals surface area contributed by atoms with Crippen molar-refractivity contribution in [2.75, 3.05) is 38.0 Å². The van der Waals surface area contributed by atoms with E-state index in [4.69, 9.17) is 10.5 Å². The molecule has 0 fully saturated rings. The van der Waals surface area contributed by atoms with E-state index in [1.165, 1.54) is 12.9 Å². The highest BCUT2D eigenvalue weighted by Crippen LogP contribution is 2.26. The normalized spacial score (nSPS) is 11.0. The molecule has 3 N–H and O–H groups in total. The number of carbonyl (C=O) groups excluding carboxylic acids is 2. The first-order valence-corrected chi connectivity index (χ1v) is 12.5.